The van der Waals surface area contributed by atoms with Gasteiger partial charge in [-0.05, 0) is 26.2 Å². The first-order valence-electron chi connectivity index (χ1n) is 6.96. The van der Waals surface area contributed by atoms with Crippen LogP contribution in [0.3, 0.4) is 0 Å². The number of aromatic nitrogens is 2. The highest BCUT2D eigenvalue weighted by Crippen LogP contribution is 2.30. The van der Waals surface area contributed by atoms with Crippen LogP contribution in [0.1, 0.15) is 50.4 Å². The van der Waals surface area contributed by atoms with Gasteiger partial charge in [-0.1, -0.05) is 25.4 Å². The van der Waals surface area contributed by atoms with Gasteiger partial charge in [-0.25, -0.2) is 9.97 Å². The number of nitrogens with zero attached hydrogens (tertiary/aromatic N) is 3. The van der Waals surface area contributed by atoms with Crippen molar-refractivity contribution in [1.82, 2.24) is 9.97 Å². The van der Waals surface area contributed by atoms with Crippen molar-refractivity contribution < 1.29 is 5.11 Å². The second-order valence-electron chi connectivity index (χ2n) is 5.50. The summed E-state index contributed by atoms with van der Waals surface area (Å²) in [5.74, 6) is 1.91. The van der Waals surface area contributed by atoms with Gasteiger partial charge in [-0.2, -0.15) is 0 Å². The molecule has 0 radical (unpaired) electrons. The Balaban J connectivity index is 2.41. The topological polar surface area (TPSA) is 49.2 Å². The first-order valence-corrected chi connectivity index (χ1v) is 7.34. The van der Waals surface area contributed by atoms with Crippen molar-refractivity contribution in [2.24, 2.45) is 0 Å². The van der Waals surface area contributed by atoms with Gasteiger partial charge in [0.2, 0.25) is 0 Å². The highest BCUT2D eigenvalue weighted by atomic mass is 35.5. The Bertz CT molecular complexity index is 451. The second-order valence-corrected chi connectivity index (χ2v) is 5.86. The van der Waals surface area contributed by atoms with E-state index in [9.17, 15) is 5.11 Å². The lowest BCUT2D eigenvalue weighted by molar-refractivity contribution is 0.239. The van der Waals surface area contributed by atoms with E-state index in [1.54, 1.807) is 0 Å². The van der Waals surface area contributed by atoms with E-state index in [0.29, 0.717) is 5.15 Å². The lowest BCUT2D eigenvalue weighted by atomic mass is 10.0. The van der Waals surface area contributed by atoms with Gasteiger partial charge >= 0.3 is 0 Å². The molecule has 1 aromatic rings. The molecule has 1 fully saturated rings. The van der Waals surface area contributed by atoms with Crippen LogP contribution in [-0.4, -0.2) is 34.3 Å². The van der Waals surface area contributed by atoms with Crippen LogP contribution in [0, 0.1) is 6.92 Å². The van der Waals surface area contributed by atoms with Gasteiger partial charge in [0.1, 0.15) is 16.8 Å². The van der Waals surface area contributed by atoms with Crippen molar-refractivity contribution in [1.29, 1.82) is 0 Å². The van der Waals surface area contributed by atoms with Crippen LogP contribution in [0.25, 0.3) is 0 Å². The maximum atomic E-state index is 9.54. The molecule has 106 valence electrons. The SMILES string of the molecule is Cc1c(Cl)nc(C(C)C)nc1N1CCCCC1CO. The summed E-state index contributed by atoms with van der Waals surface area (Å²) in [4.78, 5) is 11.2. The van der Waals surface area contributed by atoms with Crippen molar-refractivity contribution in [3.8, 4) is 0 Å². The van der Waals surface area contributed by atoms with Gasteiger partial charge in [0, 0.05) is 18.0 Å². The number of aliphatic hydroxyl groups is 1. The van der Waals surface area contributed by atoms with E-state index in [1.165, 1.54) is 0 Å². The highest BCUT2D eigenvalue weighted by Gasteiger charge is 2.26. The molecule has 1 aliphatic rings. The molecule has 0 saturated carbocycles. The fourth-order valence-electron chi connectivity index (χ4n) is 2.50. The third kappa shape index (κ3) is 3.00. The van der Waals surface area contributed by atoms with E-state index in [0.717, 1.165) is 43.0 Å². The van der Waals surface area contributed by atoms with E-state index in [1.807, 2.05) is 6.92 Å². The number of rotatable bonds is 3. The van der Waals surface area contributed by atoms with Gasteiger partial charge in [-0.3, -0.25) is 0 Å². The van der Waals surface area contributed by atoms with Crippen LogP contribution in [0.2, 0.25) is 5.15 Å². The first-order chi connectivity index (χ1) is 9.04. The Labute approximate surface area is 119 Å². The Kier molecular flexibility index (Phi) is 4.63. The van der Waals surface area contributed by atoms with Crippen LogP contribution in [0.4, 0.5) is 5.82 Å². The van der Waals surface area contributed by atoms with Gasteiger partial charge in [0.15, 0.2) is 0 Å². The lowest BCUT2D eigenvalue weighted by Crippen LogP contribution is -2.43. The quantitative estimate of drug-likeness (QED) is 0.867. The average Bonchev–Trinajstić information content (AvgIpc) is 2.41. The minimum absolute atomic E-state index is 0.151. The van der Waals surface area contributed by atoms with Crippen molar-refractivity contribution in [3.05, 3.63) is 16.5 Å². The van der Waals surface area contributed by atoms with E-state index < -0.39 is 0 Å². The summed E-state index contributed by atoms with van der Waals surface area (Å²) in [5, 5.41) is 10.1. The van der Waals surface area contributed by atoms with Gasteiger partial charge in [0.05, 0.1) is 12.6 Å². The maximum Gasteiger partial charge on any atom is 0.137 e. The molecule has 0 amide bonds. The van der Waals surface area contributed by atoms with Crippen molar-refractivity contribution >= 4 is 17.4 Å². The predicted octanol–water partition coefficient (Wildman–Crippen LogP) is 2.91. The molecule has 0 spiro atoms. The zero-order valence-electron chi connectivity index (χ0n) is 11.9. The largest absolute Gasteiger partial charge is 0.394 e. The third-order valence-corrected chi connectivity index (χ3v) is 4.07. The number of hydrogen-bond acceptors (Lipinski definition) is 4. The summed E-state index contributed by atoms with van der Waals surface area (Å²) < 4.78 is 0. The Morgan fingerprint density at radius 1 is 1.37 bits per heavy atom. The number of hydrogen-bond donors (Lipinski definition) is 1. The molecule has 1 atom stereocenters. The summed E-state index contributed by atoms with van der Waals surface area (Å²) in [6.45, 7) is 7.16. The molecule has 1 aliphatic heterocycles. The summed E-state index contributed by atoms with van der Waals surface area (Å²) >= 11 is 6.23. The van der Waals surface area contributed by atoms with E-state index in [4.69, 9.17) is 11.6 Å². The Morgan fingerprint density at radius 3 is 2.74 bits per heavy atom. The Hall–Kier alpha value is -0.870. The van der Waals surface area contributed by atoms with Crippen LogP contribution in [0.5, 0.6) is 0 Å². The molecule has 2 heterocycles. The molecule has 0 bridgehead atoms. The lowest BCUT2D eigenvalue weighted by Gasteiger charge is -2.36. The molecule has 1 saturated heterocycles. The molecule has 1 unspecified atom stereocenters. The molecule has 1 N–H and O–H groups in total. The molecule has 0 aliphatic carbocycles. The molecular formula is C14H22ClN3O. The van der Waals surface area contributed by atoms with Crippen LogP contribution in [-0.2, 0) is 0 Å². The average molecular weight is 284 g/mol. The normalized spacial score (nSPS) is 20.1. The van der Waals surface area contributed by atoms with Crippen molar-refractivity contribution in [2.75, 3.05) is 18.1 Å². The highest BCUT2D eigenvalue weighted by molar-refractivity contribution is 6.30. The maximum absolute atomic E-state index is 9.54. The monoisotopic (exact) mass is 283 g/mol. The fourth-order valence-corrected chi connectivity index (χ4v) is 2.67. The van der Waals surface area contributed by atoms with Gasteiger partial charge < -0.3 is 10.0 Å². The predicted molar refractivity (Wildman–Crippen MR) is 77.9 cm³/mol. The molecule has 4 nitrogen and oxygen atoms in total. The minimum Gasteiger partial charge on any atom is -0.394 e. The van der Waals surface area contributed by atoms with Crippen LogP contribution < -0.4 is 4.90 Å². The van der Waals surface area contributed by atoms with Crippen LogP contribution in [0.15, 0.2) is 0 Å². The van der Waals surface area contributed by atoms with E-state index in [2.05, 4.69) is 28.7 Å². The summed E-state index contributed by atoms with van der Waals surface area (Å²) in [6.07, 6.45) is 3.31. The van der Waals surface area contributed by atoms with Gasteiger partial charge in [-0.15, -0.1) is 0 Å². The zero-order chi connectivity index (χ0) is 14.0. The fraction of sp³-hybridized carbons (Fsp3) is 0.714. The number of halogens is 1. The standard InChI is InChI=1S/C14H22ClN3O/c1-9(2)13-16-12(15)10(3)14(17-13)18-7-5-4-6-11(18)8-19/h9,11,19H,4-8H2,1-3H3. The molecular weight excluding hydrogens is 262 g/mol. The first kappa shape index (κ1) is 14.5. The molecule has 0 aromatic carbocycles. The summed E-state index contributed by atoms with van der Waals surface area (Å²) in [5.41, 5.74) is 0.909. The molecule has 2 rings (SSSR count). The number of anilines is 1. The smallest absolute Gasteiger partial charge is 0.137 e. The van der Waals surface area contributed by atoms with Crippen molar-refractivity contribution in [3.63, 3.8) is 0 Å². The minimum atomic E-state index is 0.151. The summed E-state index contributed by atoms with van der Waals surface area (Å²) in [7, 11) is 0. The summed E-state index contributed by atoms with van der Waals surface area (Å²) in [6, 6.07) is 0.151. The second kappa shape index (κ2) is 6.06. The third-order valence-electron chi connectivity index (χ3n) is 3.70. The number of aliphatic hydroxyl groups excluding tert-OH is 1. The molecule has 5 heteroatoms. The van der Waals surface area contributed by atoms with Gasteiger partial charge in [0.25, 0.3) is 0 Å². The van der Waals surface area contributed by atoms with E-state index in [-0.39, 0.29) is 18.6 Å². The Morgan fingerprint density at radius 2 is 2.11 bits per heavy atom. The molecule has 19 heavy (non-hydrogen) atoms. The zero-order valence-corrected chi connectivity index (χ0v) is 12.6. The van der Waals surface area contributed by atoms with E-state index >= 15 is 0 Å². The van der Waals surface area contributed by atoms with Crippen LogP contribution >= 0.6 is 11.6 Å². The van der Waals surface area contributed by atoms with Crippen molar-refractivity contribution in [2.45, 2.75) is 52.0 Å². The number of piperidine rings is 1. The molecule has 1 aromatic heterocycles.